The van der Waals surface area contributed by atoms with Gasteiger partial charge in [-0.15, -0.1) is 0 Å². The number of hydrogen-bond donors (Lipinski definition) is 0. The summed E-state index contributed by atoms with van der Waals surface area (Å²) in [6, 6.07) is 8.67. The van der Waals surface area contributed by atoms with E-state index in [0.717, 1.165) is 18.8 Å². The van der Waals surface area contributed by atoms with Crippen LogP contribution in [0, 0.1) is 5.82 Å². The number of rotatable bonds is 4. The number of nitrogens with one attached hydrogen (secondary N) is 1. The van der Waals surface area contributed by atoms with Crippen LogP contribution in [0.25, 0.3) is 6.08 Å². The maximum Gasteiger partial charge on any atom is 0.246 e. The summed E-state index contributed by atoms with van der Waals surface area (Å²) in [5, 5.41) is 0. The van der Waals surface area contributed by atoms with Gasteiger partial charge in [0.25, 0.3) is 0 Å². The van der Waals surface area contributed by atoms with Gasteiger partial charge in [-0.3, -0.25) is 4.79 Å². The molecule has 0 saturated carbocycles. The lowest BCUT2D eigenvalue weighted by Crippen LogP contribution is -2.48. The molecule has 1 aromatic heterocycles. The van der Waals surface area contributed by atoms with Gasteiger partial charge in [-0.25, -0.2) is 9.37 Å². The summed E-state index contributed by atoms with van der Waals surface area (Å²) in [6.07, 6.45) is 6.91. The number of aromatic amines is 1. The highest BCUT2D eigenvalue weighted by Gasteiger charge is 2.20. The fourth-order valence-electron chi connectivity index (χ4n) is 2.83. The molecule has 25 heavy (non-hydrogen) atoms. The van der Waals surface area contributed by atoms with E-state index in [2.05, 4.69) is 9.88 Å². The highest BCUT2D eigenvalue weighted by molar-refractivity contribution is 5.92. The highest BCUT2D eigenvalue weighted by atomic mass is 19.1. The Bertz CT molecular complexity index is 757. The van der Waals surface area contributed by atoms with Crippen LogP contribution in [-0.4, -0.2) is 44.1 Å². The van der Waals surface area contributed by atoms with E-state index in [0.29, 0.717) is 18.7 Å². The second-order valence-electron chi connectivity index (χ2n) is 5.80. The van der Waals surface area contributed by atoms with Crippen LogP contribution in [0.2, 0.25) is 0 Å². The standard InChI is InChI=1S/C19H20FN3O2/c1-25-18-4-2-15(14-17(18)20)3-5-19(24)23-12-10-22(11-13-23)16-6-8-21-9-7-16/h2-9,14H,10-13H2,1H3/p+1/b5-3+. The van der Waals surface area contributed by atoms with Gasteiger partial charge in [-0.05, 0) is 23.8 Å². The fourth-order valence-corrected chi connectivity index (χ4v) is 2.83. The zero-order valence-electron chi connectivity index (χ0n) is 14.1. The molecule has 0 atom stereocenters. The first-order chi connectivity index (χ1) is 12.2. The van der Waals surface area contributed by atoms with Crippen molar-refractivity contribution < 1.29 is 18.9 Å². The van der Waals surface area contributed by atoms with Crippen molar-refractivity contribution in [3.63, 3.8) is 0 Å². The molecule has 1 amide bonds. The molecule has 1 N–H and O–H groups in total. The number of nitrogens with zero attached hydrogens (tertiary/aromatic N) is 2. The summed E-state index contributed by atoms with van der Waals surface area (Å²) in [4.78, 5) is 19.4. The van der Waals surface area contributed by atoms with Crippen molar-refractivity contribution in [2.24, 2.45) is 0 Å². The molecular formula is C19H21FN3O2+. The van der Waals surface area contributed by atoms with E-state index in [-0.39, 0.29) is 11.7 Å². The molecule has 0 radical (unpaired) electrons. The molecule has 0 bridgehead atoms. The molecule has 0 spiro atoms. The van der Waals surface area contributed by atoms with E-state index in [1.165, 1.54) is 19.3 Å². The molecule has 1 aromatic carbocycles. The number of hydrogen-bond acceptors (Lipinski definition) is 3. The molecule has 2 heterocycles. The maximum atomic E-state index is 13.7. The SMILES string of the molecule is COc1ccc(/C=C/C(=O)N2CCN(c3cc[nH+]cc3)CC2)cc1F. The van der Waals surface area contributed by atoms with Crippen LogP contribution in [0.4, 0.5) is 10.1 Å². The van der Waals surface area contributed by atoms with Gasteiger partial charge in [0.2, 0.25) is 5.91 Å². The minimum atomic E-state index is -0.439. The van der Waals surface area contributed by atoms with Gasteiger partial charge in [-0.2, -0.15) is 0 Å². The first kappa shape index (κ1) is 17.0. The zero-order valence-corrected chi connectivity index (χ0v) is 14.1. The quantitative estimate of drug-likeness (QED) is 0.799. The molecule has 1 aliphatic rings. The first-order valence-electron chi connectivity index (χ1n) is 8.19. The predicted molar refractivity (Wildman–Crippen MR) is 93.8 cm³/mol. The normalized spacial score (nSPS) is 14.8. The molecule has 5 nitrogen and oxygen atoms in total. The Labute approximate surface area is 146 Å². The van der Waals surface area contributed by atoms with Gasteiger partial charge in [0.15, 0.2) is 24.0 Å². The minimum Gasteiger partial charge on any atom is -0.494 e. The van der Waals surface area contributed by atoms with Crippen molar-refractivity contribution in [1.82, 2.24) is 4.90 Å². The average molecular weight is 342 g/mol. The third-order valence-electron chi connectivity index (χ3n) is 4.25. The number of halogens is 1. The monoisotopic (exact) mass is 342 g/mol. The van der Waals surface area contributed by atoms with Crippen LogP contribution in [0.15, 0.2) is 48.8 Å². The van der Waals surface area contributed by atoms with Crippen LogP contribution in [-0.2, 0) is 4.79 Å². The molecular weight excluding hydrogens is 321 g/mol. The predicted octanol–water partition coefficient (Wildman–Crippen LogP) is 2.01. The Morgan fingerprint density at radius 3 is 2.52 bits per heavy atom. The average Bonchev–Trinajstić information content (AvgIpc) is 2.67. The van der Waals surface area contributed by atoms with Crippen LogP contribution >= 0.6 is 0 Å². The minimum absolute atomic E-state index is 0.0581. The van der Waals surface area contributed by atoms with Crippen LogP contribution in [0.3, 0.4) is 0 Å². The van der Waals surface area contributed by atoms with Crippen LogP contribution in [0.1, 0.15) is 5.56 Å². The smallest absolute Gasteiger partial charge is 0.246 e. The summed E-state index contributed by atoms with van der Waals surface area (Å²) in [5.41, 5.74) is 1.78. The van der Waals surface area contributed by atoms with Gasteiger partial charge in [0.05, 0.1) is 7.11 Å². The van der Waals surface area contributed by atoms with Crippen molar-refractivity contribution in [3.8, 4) is 5.75 Å². The fraction of sp³-hybridized carbons (Fsp3) is 0.263. The van der Waals surface area contributed by atoms with Crippen molar-refractivity contribution in [2.45, 2.75) is 0 Å². The highest BCUT2D eigenvalue weighted by Crippen LogP contribution is 2.19. The number of piperazine rings is 1. The lowest BCUT2D eigenvalue weighted by Gasteiger charge is -2.35. The number of carbonyl (C=O) groups is 1. The molecule has 3 rings (SSSR count). The molecule has 0 unspecified atom stereocenters. The van der Waals surface area contributed by atoms with Gasteiger partial charge in [-0.1, -0.05) is 6.07 Å². The number of H-pyrrole nitrogens is 1. The van der Waals surface area contributed by atoms with E-state index in [4.69, 9.17) is 4.74 Å². The molecule has 130 valence electrons. The van der Waals surface area contributed by atoms with Gasteiger partial charge < -0.3 is 14.5 Å². The van der Waals surface area contributed by atoms with Crippen molar-refractivity contribution >= 4 is 17.7 Å². The first-order valence-corrected chi connectivity index (χ1v) is 8.19. The number of methoxy groups -OCH3 is 1. The Hall–Kier alpha value is -2.89. The summed E-state index contributed by atoms with van der Waals surface area (Å²) < 4.78 is 18.6. The van der Waals surface area contributed by atoms with Gasteiger partial charge in [0, 0.05) is 50.1 Å². The Kier molecular flexibility index (Phi) is 5.28. The largest absolute Gasteiger partial charge is 0.494 e. The van der Waals surface area contributed by atoms with Gasteiger partial charge >= 0.3 is 0 Å². The van der Waals surface area contributed by atoms with Crippen LogP contribution in [0.5, 0.6) is 5.75 Å². The number of anilines is 1. The number of benzene rings is 1. The second-order valence-corrected chi connectivity index (χ2v) is 5.80. The molecule has 1 aliphatic heterocycles. The molecule has 1 fully saturated rings. The lowest BCUT2D eigenvalue weighted by molar-refractivity contribution is -0.377. The number of aromatic nitrogens is 1. The van der Waals surface area contributed by atoms with Crippen molar-refractivity contribution in [3.05, 3.63) is 60.2 Å². The molecule has 2 aromatic rings. The third kappa shape index (κ3) is 4.15. The molecule has 6 heteroatoms. The van der Waals surface area contributed by atoms with Crippen LogP contribution < -0.4 is 14.6 Å². The Morgan fingerprint density at radius 2 is 1.88 bits per heavy atom. The number of amides is 1. The Balaban J connectivity index is 1.57. The number of pyridine rings is 1. The topological polar surface area (TPSA) is 46.9 Å². The second kappa shape index (κ2) is 7.79. The summed E-state index contributed by atoms with van der Waals surface area (Å²) in [7, 11) is 1.42. The Morgan fingerprint density at radius 1 is 1.16 bits per heavy atom. The van der Waals surface area contributed by atoms with Crippen molar-refractivity contribution in [1.29, 1.82) is 0 Å². The van der Waals surface area contributed by atoms with Gasteiger partial charge in [0.1, 0.15) is 0 Å². The zero-order chi connectivity index (χ0) is 17.6. The van der Waals surface area contributed by atoms with E-state index in [1.54, 1.807) is 18.2 Å². The van der Waals surface area contributed by atoms with E-state index < -0.39 is 5.82 Å². The van der Waals surface area contributed by atoms with Crippen molar-refractivity contribution in [2.75, 3.05) is 38.2 Å². The molecule has 1 saturated heterocycles. The summed E-state index contributed by atoms with van der Waals surface area (Å²) >= 11 is 0. The number of ether oxygens (including phenoxy) is 1. The van der Waals surface area contributed by atoms with E-state index in [9.17, 15) is 9.18 Å². The third-order valence-corrected chi connectivity index (χ3v) is 4.25. The summed E-state index contributed by atoms with van der Waals surface area (Å²) in [5.74, 6) is -0.304. The maximum absolute atomic E-state index is 13.7. The molecule has 0 aliphatic carbocycles. The lowest BCUT2D eigenvalue weighted by atomic mass is 10.2. The van der Waals surface area contributed by atoms with E-state index in [1.807, 2.05) is 29.4 Å². The number of carbonyl (C=O) groups excluding carboxylic acids is 1. The summed E-state index contributed by atoms with van der Waals surface area (Å²) in [6.45, 7) is 2.92. The van der Waals surface area contributed by atoms with E-state index >= 15 is 0 Å².